The van der Waals surface area contributed by atoms with Gasteiger partial charge in [0.25, 0.3) is 5.91 Å². The van der Waals surface area contributed by atoms with E-state index in [2.05, 4.69) is 16.0 Å². The molecule has 7 heteroatoms. The van der Waals surface area contributed by atoms with Crippen LogP contribution in [0.4, 0.5) is 5.69 Å². The quantitative estimate of drug-likeness (QED) is 0.697. The number of carbonyl (C=O) groups is 3. The van der Waals surface area contributed by atoms with Gasteiger partial charge in [0, 0.05) is 17.8 Å². The zero-order chi connectivity index (χ0) is 19.1. The largest absolute Gasteiger partial charge is 0.350 e. The molecule has 0 saturated heterocycles. The number of anilines is 1. The van der Waals surface area contributed by atoms with Crippen LogP contribution in [-0.2, 0) is 9.59 Å². The lowest BCUT2D eigenvalue weighted by molar-refractivity contribution is -0.120. The van der Waals surface area contributed by atoms with E-state index < -0.39 is 6.04 Å². The molecule has 0 radical (unpaired) electrons. The fourth-order valence-corrected chi connectivity index (χ4v) is 3.25. The highest BCUT2D eigenvalue weighted by atomic mass is 32.1. The third-order valence-electron chi connectivity index (χ3n) is 3.52. The Morgan fingerprint density at radius 2 is 1.77 bits per heavy atom. The highest BCUT2D eigenvalue weighted by Gasteiger charge is 2.20. The fraction of sp³-hybridized carbons (Fsp3) is 0.316. The Kier molecular flexibility index (Phi) is 6.91. The van der Waals surface area contributed by atoms with Gasteiger partial charge < -0.3 is 16.0 Å². The number of nitrogens with one attached hydrogen (secondary N) is 3. The second kappa shape index (κ2) is 9.15. The van der Waals surface area contributed by atoms with Crippen molar-refractivity contribution in [1.29, 1.82) is 0 Å². The van der Waals surface area contributed by atoms with Crippen molar-refractivity contribution < 1.29 is 14.4 Å². The molecule has 138 valence electrons. The summed E-state index contributed by atoms with van der Waals surface area (Å²) >= 11 is 1.48. The van der Waals surface area contributed by atoms with Crippen LogP contribution in [0.15, 0.2) is 41.8 Å². The average molecular weight is 373 g/mol. The molecule has 0 aliphatic carbocycles. The lowest BCUT2D eigenvalue weighted by Gasteiger charge is -2.17. The molecule has 1 heterocycles. The van der Waals surface area contributed by atoms with E-state index in [1.54, 1.807) is 24.3 Å². The topological polar surface area (TPSA) is 87.3 Å². The number of benzene rings is 1. The van der Waals surface area contributed by atoms with E-state index in [-0.39, 0.29) is 30.2 Å². The second-order valence-electron chi connectivity index (χ2n) is 6.19. The molecule has 0 saturated carbocycles. The Balaban J connectivity index is 2.11. The van der Waals surface area contributed by atoms with Gasteiger partial charge in [-0.3, -0.25) is 14.4 Å². The molecule has 3 N–H and O–H groups in total. The fourth-order valence-electron chi connectivity index (χ4n) is 2.47. The van der Waals surface area contributed by atoms with Gasteiger partial charge in [-0.2, -0.15) is 0 Å². The smallest absolute Gasteiger partial charge is 0.253 e. The van der Waals surface area contributed by atoms with Crippen LogP contribution < -0.4 is 16.0 Å². The van der Waals surface area contributed by atoms with E-state index in [1.165, 1.54) is 18.3 Å². The molecule has 2 rings (SSSR count). The maximum Gasteiger partial charge on any atom is 0.253 e. The molecule has 2 aromatic rings. The van der Waals surface area contributed by atoms with Crippen molar-refractivity contribution in [3.63, 3.8) is 0 Å². The maximum atomic E-state index is 12.5. The summed E-state index contributed by atoms with van der Waals surface area (Å²) < 4.78 is 0. The van der Waals surface area contributed by atoms with Crippen LogP contribution in [0.5, 0.6) is 0 Å². The molecule has 0 spiro atoms. The van der Waals surface area contributed by atoms with Crippen LogP contribution in [0.25, 0.3) is 0 Å². The standard InChI is InChI=1S/C19H23N3O3S/c1-12(2)20-19(25)14-7-4-5-8-15(14)22-18(24)11-16(21-13(3)23)17-9-6-10-26-17/h4-10,12,16H,11H2,1-3H3,(H,20,25)(H,21,23)(H,22,24). The number of amides is 3. The summed E-state index contributed by atoms with van der Waals surface area (Å²) in [4.78, 5) is 37.1. The minimum Gasteiger partial charge on any atom is -0.350 e. The van der Waals surface area contributed by atoms with Gasteiger partial charge in [-0.05, 0) is 37.4 Å². The van der Waals surface area contributed by atoms with E-state index in [9.17, 15) is 14.4 Å². The number of hydrogen-bond donors (Lipinski definition) is 3. The Hall–Kier alpha value is -2.67. The molecule has 1 aromatic carbocycles. The number of thiophene rings is 1. The summed E-state index contributed by atoms with van der Waals surface area (Å²) in [6, 6.07) is 10.2. The summed E-state index contributed by atoms with van der Waals surface area (Å²) in [6.45, 7) is 5.17. The van der Waals surface area contributed by atoms with Crippen LogP contribution in [0, 0.1) is 0 Å². The minimum atomic E-state index is -0.399. The molecule has 6 nitrogen and oxygen atoms in total. The number of hydrogen-bond acceptors (Lipinski definition) is 4. The first-order chi connectivity index (χ1) is 12.4. The van der Waals surface area contributed by atoms with E-state index in [1.807, 2.05) is 31.4 Å². The van der Waals surface area contributed by atoms with E-state index in [0.29, 0.717) is 11.3 Å². The molecule has 26 heavy (non-hydrogen) atoms. The molecule has 0 fully saturated rings. The van der Waals surface area contributed by atoms with Crippen LogP contribution in [-0.4, -0.2) is 23.8 Å². The normalized spacial score (nSPS) is 11.7. The predicted molar refractivity (Wildman–Crippen MR) is 103 cm³/mol. The molecule has 1 atom stereocenters. The zero-order valence-corrected chi connectivity index (χ0v) is 15.9. The Morgan fingerprint density at radius 1 is 1.04 bits per heavy atom. The lowest BCUT2D eigenvalue weighted by atomic mass is 10.1. The third-order valence-corrected chi connectivity index (χ3v) is 4.51. The first-order valence-electron chi connectivity index (χ1n) is 8.37. The van der Waals surface area contributed by atoms with Crippen LogP contribution in [0.2, 0.25) is 0 Å². The van der Waals surface area contributed by atoms with E-state index >= 15 is 0 Å². The Bertz CT molecular complexity index is 772. The van der Waals surface area contributed by atoms with Crippen molar-refractivity contribution in [3.05, 3.63) is 52.2 Å². The van der Waals surface area contributed by atoms with Crippen LogP contribution in [0.3, 0.4) is 0 Å². The minimum absolute atomic E-state index is 0.00534. The molecule has 0 bridgehead atoms. The molecular formula is C19H23N3O3S. The monoisotopic (exact) mass is 373 g/mol. The van der Waals surface area contributed by atoms with Crippen molar-refractivity contribution in [3.8, 4) is 0 Å². The van der Waals surface area contributed by atoms with Gasteiger partial charge in [-0.1, -0.05) is 18.2 Å². The van der Waals surface area contributed by atoms with Gasteiger partial charge in [-0.15, -0.1) is 11.3 Å². The maximum absolute atomic E-state index is 12.5. The summed E-state index contributed by atoms with van der Waals surface area (Å²) in [5.41, 5.74) is 0.852. The average Bonchev–Trinajstić information content (AvgIpc) is 3.08. The molecule has 0 aliphatic heterocycles. The van der Waals surface area contributed by atoms with Crippen molar-refractivity contribution in [1.82, 2.24) is 10.6 Å². The summed E-state index contributed by atoms with van der Waals surface area (Å²) in [7, 11) is 0. The zero-order valence-electron chi connectivity index (χ0n) is 15.0. The van der Waals surface area contributed by atoms with Crippen molar-refractivity contribution in [2.45, 2.75) is 39.3 Å². The van der Waals surface area contributed by atoms with Gasteiger partial charge in [0.1, 0.15) is 0 Å². The summed E-state index contributed by atoms with van der Waals surface area (Å²) in [5, 5.41) is 10.3. The van der Waals surface area contributed by atoms with E-state index in [4.69, 9.17) is 0 Å². The predicted octanol–water partition coefficient (Wildman–Crippen LogP) is 3.09. The number of carbonyl (C=O) groups excluding carboxylic acids is 3. The van der Waals surface area contributed by atoms with Crippen molar-refractivity contribution in [2.24, 2.45) is 0 Å². The second-order valence-corrected chi connectivity index (χ2v) is 7.17. The molecular weight excluding hydrogens is 350 g/mol. The highest BCUT2D eigenvalue weighted by molar-refractivity contribution is 7.10. The molecule has 3 amide bonds. The first kappa shape index (κ1) is 19.7. The molecule has 0 aliphatic rings. The highest BCUT2D eigenvalue weighted by Crippen LogP contribution is 2.23. The third kappa shape index (κ3) is 5.70. The number of para-hydroxylation sites is 1. The lowest BCUT2D eigenvalue weighted by Crippen LogP contribution is -2.32. The van der Waals surface area contributed by atoms with Gasteiger partial charge in [0.15, 0.2) is 0 Å². The molecule has 1 unspecified atom stereocenters. The van der Waals surface area contributed by atoms with Crippen LogP contribution >= 0.6 is 11.3 Å². The Labute approximate surface area is 157 Å². The van der Waals surface area contributed by atoms with Crippen molar-refractivity contribution >= 4 is 34.7 Å². The SMILES string of the molecule is CC(=O)NC(CC(=O)Nc1ccccc1C(=O)NC(C)C)c1cccs1. The van der Waals surface area contributed by atoms with Crippen molar-refractivity contribution in [2.75, 3.05) is 5.32 Å². The summed E-state index contributed by atoms with van der Waals surface area (Å²) in [5.74, 6) is -0.720. The van der Waals surface area contributed by atoms with Crippen LogP contribution in [0.1, 0.15) is 48.5 Å². The van der Waals surface area contributed by atoms with E-state index in [0.717, 1.165) is 4.88 Å². The van der Waals surface area contributed by atoms with Gasteiger partial charge in [0.05, 0.1) is 23.7 Å². The Morgan fingerprint density at radius 3 is 2.38 bits per heavy atom. The van der Waals surface area contributed by atoms with Gasteiger partial charge in [0.2, 0.25) is 11.8 Å². The van der Waals surface area contributed by atoms with Gasteiger partial charge in [-0.25, -0.2) is 0 Å². The summed E-state index contributed by atoms with van der Waals surface area (Å²) in [6.07, 6.45) is 0.0836. The number of rotatable bonds is 7. The first-order valence-corrected chi connectivity index (χ1v) is 9.25. The van der Waals surface area contributed by atoms with Gasteiger partial charge >= 0.3 is 0 Å². The molecule has 1 aromatic heterocycles.